The number of aromatic nitrogens is 3. The molecule has 31 heavy (non-hydrogen) atoms. The van der Waals surface area contributed by atoms with Crippen molar-refractivity contribution >= 4 is 11.9 Å². The van der Waals surface area contributed by atoms with Gasteiger partial charge in [-0.1, -0.05) is 24.3 Å². The van der Waals surface area contributed by atoms with Gasteiger partial charge in [0.25, 0.3) is 0 Å². The first-order chi connectivity index (χ1) is 14.9. The van der Waals surface area contributed by atoms with Gasteiger partial charge in [-0.2, -0.15) is 5.10 Å². The number of guanidine groups is 1. The molecule has 7 nitrogen and oxygen atoms in total. The molecule has 3 aromatic rings. The molecule has 7 heteroatoms. The third-order valence-electron chi connectivity index (χ3n) is 6.49. The average Bonchev–Trinajstić information content (AvgIpc) is 3.53. The zero-order valence-electron chi connectivity index (χ0n) is 18.0. The van der Waals surface area contributed by atoms with Crippen LogP contribution < -0.4 is 5.73 Å². The lowest BCUT2D eigenvalue weighted by Crippen LogP contribution is -2.52. The number of carbonyl (C=O) groups is 1. The Morgan fingerprint density at radius 2 is 1.81 bits per heavy atom. The number of hydrogen-bond donors (Lipinski definition) is 1. The Morgan fingerprint density at radius 3 is 2.45 bits per heavy atom. The molecule has 158 valence electrons. The van der Waals surface area contributed by atoms with Crippen LogP contribution in [-0.2, 0) is 17.4 Å². The van der Waals surface area contributed by atoms with E-state index in [1.807, 2.05) is 32.3 Å². The second-order valence-corrected chi connectivity index (χ2v) is 8.72. The molecule has 5 rings (SSSR count). The van der Waals surface area contributed by atoms with E-state index < -0.39 is 11.5 Å². The Morgan fingerprint density at radius 1 is 1.10 bits per heavy atom. The first kappa shape index (κ1) is 19.5. The van der Waals surface area contributed by atoms with Crippen molar-refractivity contribution in [2.75, 3.05) is 7.05 Å². The number of amides is 1. The number of hydrogen-bond acceptors (Lipinski definition) is 5. The van der Waals surface area contributed by atoms with E-state index in [1.54, 1.807) is 24.1 Å². The van der Waals surface area contributed by atoms with Crippen molar-refractivity contribution in [3.63, 3.8) is 0 Å². The fraction of sp³-hybridized carbons (Fsp3) is 0.333. The maximum atomic E-state index is 13.5. The van der Waals surface area contributed by atoms with Crippen LogP contribution in [0.3, 0.4) is 0 Å². The van der Waals surface area contributed by atoms with Gasteiger partial charge in [-0.3, -0.25) is 19.4 Å². The predicted molar refractivity (Wildman–Crippen MR) is 119 cm³/mol. The third-order valence-corrected chi connectivity index (χ3v) is 6.49. The zero-order valence-corrected chi connectivity index (χ0v) is 18.0. The van der Waals surface area contributed by atoms with Gasteiger partial charge in [0.1, 0.15) is 5.54 Å². The van der Waals surface area contributed by atoms with Crippen molar-refractivity contribution in [2.24, 2.45) is 17.8 Å². The van der Waals surface area contributed by atoms with Gasteiger partial charge in [0.15, 0.2) is 5.96 Å². The van der Waals surface area contributed by atoms with Crippen LogP contribution >= 0.6 is 0 Å². The van der Waals surface area contributed by atoms with Crippen LogP contribution in [0, 0.1) is 0 Å². The van der Waals surface area contributed by atoms with Gasteiger partial charge in [0, 0.05) is 32.1 Å². The van der Waals surface area contributed by atoms with Crippen LogP contribution in [0.15, 0.2) is 60.0 Å². The molecule has 1 aromatic carbocycles. The number of likely N-dealkylation sites (N-methyl/N-ethyl adjacent to an activating group) is 1. The lowest BCUT2D eigenvalue weighted by molar-refractivity contribution is -0.130. The molecule has 1 saturated carbocycles. The summed E-state index contributed by atoms with van der Waals surface area (Å²) in [6.07, 6.45) is 7.94. The molecule has 2 aromatic heterocycles. The Kier molecular flexibility index (Phi) is 4.43. The summed E-state index contributed by atoms with van der Waals surface area (Å²) in [7, 11) is 3.55. The summed E-state index contributed by atoms with van der Waals surface area (Å²) in [5, 5.41) is 4.24. The van der Waals surface area contributed by atoms with E-state index in [9.17, 15) is 4.79 Å². The van der Waals surface area contributed by atoms with Crippen LogP contribution in [0.25, 0.3) is 11.3 Å². The highest BCUT2D eigenvalue weighted by Crippen LogP contribution is 2.45. The summed E-state index contributed by atoms with van der Waals surface area (Å²) in [5.74, 6) is 0.343. The molecule has 0 spiro atoms. The number of aryl methyl sites for hydroxylation is 1. The van der Waals surface area contributed by atoms with Crippen LogP contribution in [-0.4, -0.2) is 38.6 Å². The van der Waals surface area contributed by atoms with Gasteiger partial charge in [0.05, 0.1) is 17.8 Å². The Hall–Kier alpha value is -3.48. The van der Waals surface area contributed by atoms with E-state index in [0.717, 1.165) is 22.4 Å². The maximum Gasteiger partial charge on any atom is 0.239 e. The van der Waals surface area contributed by atoms with Gasteiger partial charge in [-0.15, -0.1) is 0 Å². The highest BCUT2D eigenvalue weighted by molar-refractivity contribution is 6.02. The maximum absolute atomic E-state index is 13.5. The second-order valence-electron chi connectivity index (χ2n) is 8.72. The molecule has 1 fully saturated rings. The highest BCUT2D eigenvalue weighted by atomic mass is 16.2. The summed E-state index contributed by atoms with van der Waals surface area (Å²) in [4.78, 5) is 24.2. The molecule has 1 amide bonds. The van der Waals surface area contributed by atoms with Gasteiger partial charge >= 0.3 is 0 Å². The fourth-order valence-corrected chi connectivity index (χ4v) is 4.46. The summed E-state index contributed by atoms with van der Waals surface area (Å²) in [6.45, 7) is 1.98. The number of nitrogens with zero attached hydrogens (tertiary/aromatic N) is 5. The van der Waals surface area contributed by atoms with E-state index in [0.29, 0.717) is 5.92 Å². The van der Waals surface area contributed by atoms with E-state index in [-0.39, 0.29) is 11.9 Å². The minimum atomic E-state index is -0.853. The van der Waals surface area contributed by atoms with Gasteiger partial charge in [-0.05, 0) is 54.5 Å². The van der Waals surface area contributed by atoms with E-state index in [1.165, 1.54) is 23.3 Å². The molecule has 2 N–H and O–H groups in total. The minimum absolute atomic E-state index is 0.0612. The molecule has 0 bridgehead atoms. The summed E-state index contributed by atoms with van der Waals surface area (Å²) in [6, 6.07) is 12.3. The number of nitrogens with two attached hydrogens (primary N) is 1. The van der Waals surface area contributed by atoms with Crippen molar-refractivity contribution in [2.45, 2.75) is 37.1 Å². The lowest BCUT2D eigenvalue weighted by Gasteiger charge is -2.41. The summed E-state index contributed by atoms with van der Waals surface area (Å²) < 4.78 is 1.74. The molecular formula is C24H26N6O. The van der Waals surface area contributed by atoms with E-state index in [2.05, 4.69) is 34.3 Å². The van der Waals surface area contributed by atoms with Crippen LogP contribution in [0.4, 0.5) is 0 Å². The third kappa shape index (κ3) is 3.30. The smallest absolute Gasteiger partial charge is 0.239 e. The molecule has 1 aliphatic heterocycles. The molecule has 2 aliphatic rings. The summed E-state index contributed by atoms with van der Waals surface area (Å²) >= 11 is 0. The van der Waals surface area contributed by atoms with Crippen molar-refractivity contribution in [1.29, 1.82) is 0 Å². The minimum Gasteiger partial charge on any atom is -0.369 e. The standard InChI is InChI=1S/C24H26N6O/c1-24(19-10-11-26-20(12-19)18-13-27-29(2)14-18)21(22(31)30(3)23(25)28-24)17-8-6-16(7-9-17)15-4-5-15/h6-15,21H,4-5H2,1-3H3,(H2,25,28)/t21-,24+/m0/s1. The number of aliphatic imine (C=N–C) groups is 1. The van der Waals surface area contributed by atoms with Crippen LogP contribution in [0.5, 0.6) is 0 Å². The number of benzene rings is 1. The molecule has 2 atom stereocenters. The monoisotopic (exact) mass is 414 g/mol. The topological polar surface area (TPSA) is 89.4 Å². The molecule has 1 aliphatic carbocycles. The largest absolute Gasteiger partial charge is 0.369 e. The first-order valence-electron chi connectivity index (χ1n) is 10.5. The highest BCUT2D eigenvalue weighted by Gasteiger charge is 2.47. The molecular weight excluding hydrogens is 388 g/mol. The first-order valence-corrected chi connectivity index (χ1v) is 10.5. The fourth-order valence-electron chi connectivity index (χ4n) is 4.46. The Labute approximate surface area is 181 Å². The average molecular weight is 415 g/mol. The number of pyridine rings is 1. The molecule has 0 saturated heterocycles. The van der Waals surface area contributed by atoms with Gasteiger partial charge in [-0.25, -0.2) is 4.99 Å². The van der Waals surface area contributed by atoms with Crippen molar-refractivity contribution in [3.8, 4) is 11.3 Å². The quantitative estimate of drug-likeness (QED) is 0.710. The van der Waals surface area contributed by atoms with Crippen molar-refractivity contribution < 1.29 is 4.79 Å². The SMILES string of the molecule is CN1C(=O)[C@H](c2ccc(C3CC3)cc2)[C@@](C)(c2ccnc(-c3cnn(C)c3)c2)N=C1N. The predicted octanol–water partition coefficient (Wildman–Crippen LogP) is 3.15. The number of carbonyl (C=O) groups excluding carboxylic acids is 1. The lowest BCUT2D eigenvalue weighted by atomic mass is 9.74. The van der Waals surface area contributed by atoms with Crippen molar-refractivity contribution in [3.05, 3.63) is 71.7 Å². The van der Waals surface area contributed by atoms with Crippen molar-refractivity contribution in [1.82, 2.24) is 19.7 Å². The number of rotatable bonds is 4. The van der Waals surface area contributed by atoms with Gasteiger partial charge < -0.3 is 5.73 Å². The Balaban J connectivity index is 1.62. The van der Waals surface area contributed by atoms with Gasteiger partial charge in [0.2, 0.25) is 5.91 Å². The normalized spacial score (nSPS) is 23.7. The van der Waals surface area contributed by atoms with Crippen LogP contribution in [0.1, 0.15) is 48.3 Å². The van der Waals surface area contributed by atoms with Crippen LogP contribution in [0.2, 0.25) is 0 Å². The zero-order chi connectivity index (χ0) is 21.8. The summed E-state index contributed by atoms with van der Waals surface area (Å²) in [5.41, 5.74) is 10.2. The van der Waals surface area contributed by atoms with E-state index in [4.69, 9.17) is 10.7 Å². The van der Waals surface area contributed by atoms with E-state index >= 15 is 0 Å². The molecule has 0 radical (unpaired) electrons. The second kappa shape index (κ2) is 7.04. The molecule has 0 unspecified atom stereocenters. The molecule has 3 heterocycles. The Bertz CT molecular complexity index is 1180.